The third kappa shape index (κ3) is 4.92. The first-order valence-corrected chi connectivity index (χ1v) is 7.29. The number of Topliss-reactive ketones (excluding diaryl/α,β-unsaturated/α-hetero) is 1. The van der Waals surface area contributed by atoms with E-state index >= 15 is 0 Å². The predicted octanol–water partition coefficient (Wildman–Crippen LogP) is 3.05. The summed E-state index contributed by atoms with van der Waals surface area (Å²) in [5.41, 5.74) is 0.836. The normalized spacial score (nSPS) is 11.6. The van der Waals surface area contributed by atoms with Crippen LogP contribution in [0.25, 0.3) is 4.85 Å². The molecule has 6 heteroatoms. The summed E-state index contributed by atoms with van der Waals surface area (Å²) in [6.07, 6.45) is -0.402. The zero-order chi connectivity index (χ0) is 17.6. The summed E-state index contributed by atoms with van der Waals surface area (Å²) < 4.78 is 0. The highest BCUT2D eigenvalue weighted by molar-refractivity contribution is 6.01. The molecule has 6 nitrogen and oxygen atoms in total. The Morgan fingerprint density at radius 1 is 1.26 bits per heavy atom. The Hall–Kier alpha value is -2.68. The van der Waals surface area contributed by atoms with Crippen molar-refractivity contribution >= 4 is 29.0 Å². The molecule has 1 aromatic rings. The Balaban J connectivity index is 3.21. The number of carboxylic acids is 1. The van der Waals surface area contributed by atoms with Crippen LogP contribution < -0.4 is 4.90 Å². The van der Waals surface area contributed by atoms with Gasteiger partial charge in [0, 0.05) is 19.0 Å². The van der Waals surface area contributed by atoms with E-state index in [9.17, 15) is 14.4 Å². The molecule has 0 radical (unpaired) electrons. The largest absolute Gasteiger partial charge is 0.481 e. The van der Waals surface area contributed by atoms with Gasteiger partial charge in [0.2, 0.25) is 5.91 Å². The first-order chi connectivity index (χ1) is 10.8. The molecular weight excluding hydrogens is 296 g/mol. The van der Waals surface area contributed by atoms with Crippen LogP contribution in [0.2, 0.25) is 0 Å². The van der Waals surface area contributed by atoms with Gasteiger partial charge in [-0.05, 0) is 18.1 Å². The summed E-state index contributed by atoms with van der Waals surface area (Å²) in [6, 6.07) is 5.72. The van der Waals surface area contributed by atoms with Crippen molar-refractivity contribution in [2.45, 2.75) is 39.7 Å². The fraction of sp³-hybridized carbons (Fsp3) is 0.412. The first kappa shape index (κ1) is 18.4. The Morgan fingerprint density at radius 2 is 1.91 bits per heavy atom. The van der Waals surface area contributed by atoms with Gasteiger partial charge < -0.3 is 10.0 Å². The highest BCUT2D eigenvalue weighted by Crippen LogP contribution is 2.27. The lowest BCUT2D eigenvalue weighted by atomic mass is 9.94. The molecule has 1 unspecified atom stereocenters. The van der Waals surface area contributed by atoms with E-state index in [-0.39, 0.29) is 30.4 Å². The van der Waals surface area contributed by atoms with Crippen molar-refractivity contribution < 1.29 is 19.5 Å². The maximum absolute atomic E-state index is 12.4. The van der Waals surface area contributed by atoms with Gasteiger partial charge in [-0.25, -0.2) is 4.85 Å². The maximum atomic E-state index is 12.4. The standard InChI is InChI=1S/C17H20N2O4/c1-11(2)17(15(21)8-9-16(22)23)19(12(3)20)14-7-5-6-13(10-14)18-4/h5-7,10-11,17H,8-9H2,1-3H3,(H,22,23). The SMILES string of the molecule is [C-]#[N+]c1cccc(N(C(C)=O)C(C(=O)CCC(=O)O)C(C)C)c1. The van der Waals surface area contributed by atoms with Gasteiger partial charge in [0.15, 0.2) is 11.5 Å². The van der Waals surface area contributed by atoms with Gasteiger partial charge in [0.1, 0.15) is 0 Å². The molecule has 0 fully saturated rings. The molecule has 23 heavy (non-hydrogen) atoms. The fourth-order valence-electron chi connectivity index (χ4n) is 2.44. The second kappa shape index (κ2) is 8.08. The van der Waals surface area contributed by atoms with Crippen molar-refractivity contribution in [2.24, 2.45) is 5.92 Å². The number of nitrogens with zero attached hydrogens (tertiary/aromatic N) is 2. The van der Waals surface area contributed by atoms with Crippen LogP contribution >= 0.6 is 0 Å². The van der Waals surface area contributed by atoms with Crippen LogP contribution in [-0.2, 0) is 14.4 Å². The first-order valence-electron chi connectivity index (χ1n) is 7.29. The summed E-state index contributed by atoms with van der Waals surface area (Å²) >= 11 is 0. The van der Waals surface area contributed by atoms with Crippen molar-refractivity contribution in [3.8, 4) is 0 Å². The van der Waals surface area contributed by atoms with Gasteiger partial charge in [0.05, 0.1) is 19.0 Å². The Labute approximate surface area is 135 Å². The van der Waals surface area contributed by atoms with Crippen molar-refractivity contribution in [3.63, 3.8) is 0 Å². The third-order valence-electron chi connectivity index (χ3n) is 3.40. The molecule has 1 atom stereocenters. The van der Waals surface area contributed by atoms with Crippen molar-refractivity contribution in [3.05, 3.63) is 35.7 Å². The molecule has 0 spiro atoms. The number of carboxylic acid groups (broad SMARTS) is 1. The molecular formula is C17H20N2O4. The summed E-state index contributed by atoms with van der Waals surface area (Å²) in [5, 5.41) is 8.75. The number of hydrogen-bond donors (Lipinski definition) is 1. The molecule has 0 aromatic heterocycles. The van der Waals surface area contributed by atoms with Crippen LogP contribution in [0, 0.1) is 12.5 Å². The van der Waals surface area contributed by atoms with E-state index in [1.807, 2.05) is 0 Å². The molecule has 1 amide bonds. The lowest BCUT2D eigenvalue weighted by molar-refractivity contribution is -0.138. The molecule has 1 N–H and O–H groups in total. The number of aliphatic carboxylic acids is 1. The highest BCUT2D eigenvalue weighted by atomic mass is 16.4. The average Bonchev–Trinajstić information content (AvgIpc) is 2.49. The second-order valence-electron chi connectivity index (χ2n) is 5.57. The number of rotatable bonds is 7. The van der Waals surface area contributed by atoms with E-state index < -0.39 is 12.0 Å². The molecule has 0 heterocycles. The van der Waals surface area contributed by atoms with Gasteiger partial charge >= 0.3 is 5.97 Å². The van der Waals surface area contributed by atoms with Gasteiger partial charge in [-0.2, -0.15) is 0 Å². The predicted molar refractivity (Wildman–Crippen MR) is 86.4 cm³/mol. The zero-order valence-electron chi connectivity index (χ0n) is 13.4. The number of ketones is 1. The molecule has 1 aromatic carbocycles. The van der Waals surface area contributed by atoms with Gasteiger partial charge in [-0.15, -0.1) is 0 Å². The molecule has 0 saturated carbocycles. The van der Waals surface area contributed by atoms with Crippen molar-refractivity contribution in [1.82, 2.24) is 0 Å². The minimum atomic E-state index is -1.05. The number of amides is 1. The second-order valence-corrected chi connectivity index (χ2v) is 5.57. The van der Waals surface area contributed by atoms with Crippen LogP contribution in [0.15, 0.2) is 24.3 Å². The van der Waals surface area contributed by atoms with Crippen molar-refractivity contribution in [1.29, 1.82) is 0 Å². The Morgan fingerprint density at radius 3 is 2.39 bits per heavy atom. The minimum Gasteiger partial charge on any atom is -0.481 e. The lowest BCUT2D eigenvalue weighted by Gasteiger charge is -2.33. The van der Waals surface area contributed by atoms with E-state index in [2.05, 4.69) is 4.85 Å². The number of carbonyl (C=O) groups excluding carboxylic acids is 2. The van der Waals surface area contributed by atoms with Gasteiger partial charge in [-0.3, -0.25) is 14.4 Å². The number of hydrogen-bond acceptors (Lipinski definition) is 3. The lowest BCUT2D eigenvalue weighted by Crippen LogP contribution is -2.47. The molecule has 1 rings (SSSR count). The Bertz CT molecular complexity index is 646. The highest BCUT2D eigenvalue weighted by Gasteiger charge is 2.31. The quantitative estimate of drug-likeness (QED) is 0.784. The fourth-order valence-corrected chi connectivity index (χ4v) is 2.44. The summed E-state index contributed by atoms with van der Waals surface area (Å²) in [7, 11) is 0. The van der Waals surface area contributed by atoms with E-state index in [4.69, 9.17) is 11.7 Å². The number of carbonyl (C=O) groups is 3. The molecule has 0 aliphatic rings. The van der Waals surface area contributed by atoms with E-state index in [0.29, 0.717) is 11.4 Å². The smallest absolute Gasteiger partial charge is 0.303 e. The topological polar surface area (TPSA) is 79.0 Å². The van der Waals surface area contributed by atoms with Crippen LogP contribution in [0.4, 0.5) is 11.4 Å². The molecule has 0 aliphatic carbocycles. The maximum Gasteiger partial charge on any atom is 0.303 e. The minimum absolute atomic E-state index is 0.134. The van der Waals surface area contributed by atoms with Crippen molar-refractivity contribution in [2.75, 3.05) is 4.90 Å². The third-order valence-corrected chi connectivity index (χ3v) is 3.40. The molecule has 0 aliphatic heterocycles. The molecule has 0 saturated heterocycles. The van der Waals surface area contributed by atoms with Crippen LogP contribution in [-0.4, -0.2) is 28.8 Å². The number of anilines is 1. The van der Waals surface area contributed by atoms with Crippen LogP contribution in [0.3, 0.4) is 0 Å². The summed E-state index contributed by atoms with van der Waals surface area (Å²) in [5.74, 6) is -1.86. The summed E-state index contributed by atoms with van der Waals surface area (Å²) in [6.45, 7) is 12.0. The van der Waals surface area contributed by atoms with Crippen LogP contribution in [0.5, 0.6) is 0 Å². The monoisotopic (exact) mass is 316 g/mol. The number of benzene rings is 1. The van der Waals surface area contributed by atoms with Gasteiger partial charge in [-0.1, -0.05) is 26.0 Å². The molecule has 0 bridgehead atoms. The Kier molecular flexibility index (Phi) is 6.46. The molecule has 122 valence electrons. The van der Waals surface area contributed by atoms with E-state index in [1.54, 1.807) is 38.1 Å². The van der Waals surface area contributed by atoms with E-state index in [1.165, 1.54) is 11.8 Å². The summed E-state index contributed by atoms with van der Waals surface area (Å²) in [4.78, 5) is 39.9. The average molecular weight is 316 g/mol. The van der Waals surface area contributed by atoms with E-state index in [0.717, 1.165) is 0 Å². The van der Waals surface area contributed by atoms with Crippen LogP contribution in [0.1, 0.15) is 33.6 Å². The van der Waals surface area contributed by atoms with Gasteiger partial charge in [0.25, 0.3) is 0 Å². The zero-order valence-corrected chi connectivity index (χ0v) is 13.4.